The lowest BCUT2D eigenvalue weighted by Crippen LogP contribution is -2.55. The Balaban J connectivity index is 1.35. The van der Waals surface area contributed by atoms with Crippen LogP contribution in [0.1, 0.15) is 72.6 Å². The Hall–Kier alpha value is -7.43. The molecule has 17 nitrogen and oxygen atoms in total. The zero-order chi connectivity index (χ0) is 45.8. The Morgan fingerprint density at radius 2 is 1.51 bits per heavy atom. The number of nitrogens with zero attached hydrogens (tertiary/aromatic N) is 2. The van der Waals surface area contributed by atoms with E-state index in [-0.39, 0.29) is 72.9 Å². The molecule has 4 atom stereocenters. The van der Waals surface area contributed by atoms with Gasteiger partial charge in [-0.1, -0.05) is 61.9 Å². The third kappa shape index (κ3) is 12.3. The predicted molar refractivity (Wildman–Crippen MR) is 236 cm³/mol. The number of carboxylic acids is 1. The molecule has 4 aromatic carbocycles. The summed E-state index contributed by atoms with van der Waals surface area (Å²) >= 11 is 0. The Morgan fingerprint density at radius 1 is 0.873 bits per heavy atom. The van der Waals surface area contributed by atoms with E-state index in [1.165, 1.54) is 55.9 Å². The average Bonchev–Trinajstić information content (AvgIpc) is 3.25. The summed E-state index contributed by atoms with van der Waals surface area (Å²) in [4.78, 5) is 85.5. The molecule has 11 N–H and O–H groups in total. The van der Waals surface area contributed by atoms with Gasteiger partial charge in [0.1, 0.15) is 35.7 Å². The second-order valence-corrected chi connectivity index (χ2v) is 15.4. The van der Waals surface area contributed by atoms with Gasteiger partial charge in [0.25, 0.3) is 5.91 Å². The second-order valence-electron chi connectivity index (χ2n) is 15.4. The number of aromatic hydroxyl groups is 2. The predicted octanol–water partition coefficient (Wildman–Crippen LogP) is 2.87. The number of carboxylic acid groups (broad SMARTS) is 1. The molecular weight excluding hydrogens is 809 g/mol. The number of fused-ring (bicyclic) bond motifs is 5. The minimum Gasteiger partial charge on any atom is -0.507 e. The van der Waals surface area contributed by atoms with Crippen LogP contribution in [0.4, 0.5) is 0 Å². The molecule has 5 amide bonds. The van der Waals surface area contributed by atoms with Crippen LogP contribution >= 0.6 is 0 Å². The molecule has 0 saturated carbocycles. The quantitative estimate of drug-likeness (QED) is 0.0476. The number of carbonyl (C=O) groups excluding carboxylic acids is 5. The fraction of sp³-hybridized carbons (Fsp3) is 0.326. The van der Waals surface area contributed by atoms with Crippen LogP contribution in [0.3, 0.4) is 0 Å². The maximum Gasteiger partial charge on any atom is 0.326 e. The fourth-order valence-corrected chi connectivity index (χ4v) is 7.27. The zero-order valence-electron chi connectivity index (χ0n) is 35.4. The van der Waals surface area contributed by atoms with Crippen LogP contribution in [0.15, 0.2) is 89.9 Å². The average molecular weight is 863 g/mol. The van der Waals surface area contributed by atoms with E-state index < -0.39 is 59.7 Å². The van der Waals surface area contributed by atoms with Gasteiger partial charge in [-0.2, -0.15) is 0 Å². The molecule has 0 fully saturated rings. The normalized spacial score (nSPS) is 16.6. The summed E-state index contributed by atoms with van der Waals surface area (Å²) in [6, 6.07) is 18.3. The number of benzene rings is 4. The number of rotatable bonds is 15. The van der Waals surface area contributed by atoms with Gasteiger partial charge >= 0.3 is 5.97 Å². The van der Waals surface area contributed by atoms with E-state index in [1.807, 2.05) is 24.3 Å². The number of carbonyl (C=O) groups is 6. The van der Waals surface area contributed by atoms with Crippen molar-refractivity contribution in [2.75, 3.05) is 20.1 Å². The first-order chi connectivity index (χ1) is 30.1. The largest absolute Gasteiger partial charge is 0.507 e. The number of likely N-dealkylation sites (N-methyl/N-ethyl adjacent to an activating group) is 1. The Morgan fingerprint density at radius 3 is 2.14 bits per heavy atom. The minimum atomic E-state index is -1.49. The first kappa shape index (κ1) is 46.6. The number of aliphatic carboxylic acids is 1. The number of hydrogen-bond acceptors (Lipinski definition) is 9. The van der Waals surface area contributed by atoms with Crippen molar-refractivity contribution in [3.63, 3.8) is 0 Å². The van der Waals surface area contributed by atoms with Gasteiger partial charge in [-0.25, -0.2) is 4.79 Å². The van der Waals surface area contributed by atoms with Gasteiger partial charge in [-0.3, -0.25) is 29.0 Å². The van der Waals surface area contributed by atoms with Crippen LogP contribution in [0.5, 0.6) is 11.5 Å². The van der Waals surface area contributed by atoms with Crippen LogP contribution in [-0.4, -0.2) is 99.9 Å². The maximum atomic E-state index is 14.4. The molecule has 63 heavy (non-hydrogen) atoms. The van der Waals surface area contributed by atoms with Crippen molar-refractivity contribution in [3.05, 3.63) is 107 Å². The lowest BCUT2D eigenvalue weighted by atomic mass is 9.93. The molecular formula is C46H54N8O9. The molecule has 0 spiro atoms. The number of guanidine groups is 1. The number of hydrogen-bond donors (Lipinski definition) is 9. The molecule has 0 radical (unpaired) electrons. The topological polar surface area (TPSA) is 279 Å². The second kappa shape index (κ2) is 21.4. The van der Waals surface area contributed by atoms with Crippen molar-refractivity contribution in [2.45, 2.75) is 76.5 Å². The monoisotopic (exact) mass is 862 g/mol. The molecule has 1 aliphatic heterocycles. The molecule has 0 unspecified atom stereocenters. The van der Waals surface area contributed by atoms with Crippen LogP contribution in [0.25, 0.3) is 22.3 Å². The summed E-state index contributed by atoms with van der Waals surface area (Å²) in [5.41, 5.74) is 15.4. The molecule has 332 valence electrons. The maximum absolute atomic E-state index is 14.4. The smallest absolute Gasteiger partial charge is 0.326 e. The molecule has 1 heterocycles. The highest BCUT2D eigenvalue weighted by Crippen LogP contribution is 2.39. The summed E-state index contributed by atoms with van der Waals surface area (Å²) in [7, 11) is 1.33. The van der Waals surface area contributed by atoms with Gasteiger partial charge in [-0.05, 0) is 90.4 Å². The van der Waals surface area contributed by atoms with Gasteiger partial charge in [0, 0.05) is 49.7 Å². The number of nitrogens with two attached hydrogens (primary N) is 2. The van der Waals surface area contributed by atoms with Crippen molar-refractivity contribution in [3.8, 4) is 33.8 Å². The van der Waals surface area contributed by atoms with Gasteiger partial charge in [-0.15, -0.1) is 0 Å². The Kier molecular flexibility index (Phi) is 15.8. The summed E-state index contributed by atoms with van der Waals surface area (Å²) in [5, 5.41) is 42.2. The lowest BCUT2D eigenvalue weighted by molar-refractivity contribution is -0.143. The van der Waals surface area contributed by atoms with Crippen LogP contribution in [0.2, 0.25) is 0 Å². The van der Waals surface area contributed by atoms with Crippen LogP contribution < -0.4 is 32.7 Å². The minimum absolute atomic E-state index is 0.0248. The van der Waals surface area contributed by atoms with Crippen LogP contribution in [-0.2, 0) is 36.8 Å². The summed E-state index contributed by atoms with van der Waals surface area (Å²) in [5.74, 6) is -5.43. The molecule has 5 rings (SSSR count). The first-order valence-corrected chi connectivity index (χ1v) is 20.6. The van der Waals surface area contributed by atoms with E-state index in [0.717, 1.165) is 28.9 Å². The third-order valence-electron chi connectivity index (χ3n) is 10.7. The third-order valence-corrected chi connectivity index (χ3v) is 10.7. The van der Waals surface area contributed by atoms with E-state index in [4.69, 9.17) is 11.5 Å². The van der Waals surface area contributed by atoms with Crippen molar-refractivity contribution >= 4 is 41.5 Å². The number of aliphatic imine (C=N–C) groups is 1. The molecule has 4 aromatic rings. The summed E-state index contributed by atoms with van der Waals surface area (Å²) in [6.45, 7) is 3.53. The van der Waals surface area contributed by atoms with Crippen molar-refractivity contribution in [1.82, 2.24) is 26.2 Å². The molecule has 0 saturated heterocycles. The van der Waals surface area contributed by atoms with Crippen molar-refractivity contribution < 1.29 is 44.1 Å². The highest BCUT2D eigenvalue weighted by atomic mass is 16.4. The van der Waals surface area contributed by atoms with E-state index >= 15 is 0 Å². The zero-order valence-corrected chi connectivity index (χ0v) is 35.4. The fourth-order valence-electron chi connectivity index (χ4n) is 7.27. The lowest BCUT2D eigenvalue weighted by Gasteiger charge is -2.32. The van der Waals surface area contributed by atoms with Crippen molar-refractivity contribution in [1.29, 1.82) is 0 Å². The SMILES string of the molecule is CCCc1ccc(-c2ccc(C(=O)NCCC(=O)N[C@@H](CCCN=C(N)N)C(=O)N(C)[C@@H]3C(=O)N[C@@H](C)C(=O)N[C@H](C(=O)O)Cc4ccc(O)c(c4)-c4cc3ccc4O)cc2)cc1. The van der Waals surface area contributed by atoms with Crippen LogP contribution in [0, 0.1) is 0 Å². The Labute approximate surface area is 365 Å². The number of phenolic OH excluding ortho intramolecular Hbond substituents is 2. The molecule has 0 aromatic heterocycles. The number of nitrogens with one attached hydrogen (secondary N) is 4. The molecule has 17 heteroatoms. The van der Waals surface area contributed by atoms with Gasteiger partial charge < -0.3 is 53.0 Å². The molecule has 1 aliphatic rings. The Bertz CT molecular complexity index is 2350. The number of amides is 5. The summed E-state index contributed by atoms with van der Waals surface area (Å²) in [6.07, 6.45) is 1.93. The van der Waals surface area contributed by atoms with E-state index in [2.05, 4.69) is 45.3 Å². The standard InChI is InChI=1S/C46H54N8O9/c1-4-6-27-8-11-29(12-9-27)30-13-15-31(16-14-30)42(59)49-22-20-39(57)52-35(7-5-21-50-46(47)48)44(61)54(3)40-32-17-19-38(56)34(25-32)33-23-28(10-18-37(33)55)24-36(45(62)63)53-41(58)26(2)51-43(40)60/h8-19,23,25-26,35-36,40,55-56H,4-7,20-22,24H2,1-3H3,(H,49,59)(H,51,60)(H,52,57)(H,53,58)(H,62,63)(H4,47,48,50)/t26-,35-,36-,40-/m0/s1. The first-order valence-electron chi connectivity index (χ1n) is 20.6. The van der Waals surface area contributed by atoms with Gasteiger partial charge in [0.2, 0.25) is 23.6 Å². The van der Waals surface area contributed by atoms with Crippen molar-refractivity contribution in [2.24, 2.45) is 16.5 Å². The summed E-state index contributed by atoms with van der Waals surface area (Å²) < 4.78 is 0. The molecule has 4 bridgehead atoms. The number of aryl methyl sites for hydroxylation is 1. The number of phenols is 2. The van der Waals surface area contributed by atoms with Gasteiger partial charge in [0.15, 0.2) is 5.96 Å². The van der Waals surface area contributed by atoms with E-state index in [9.17, 15) is 44.1 Å². The molecule has 0 aliphatic carbocycles. The van der Waals surface area contributed by atoms with Gasteiger partial charge in [0.05, 0.1) is 0 Å². The highest BCUT2D eigenvalue weighted by molar-refractivity contribution is 5.97. The van der Waals surface area contributed by atoms with E-state index in [1.54, 1.807) is 12.1 Å². The highest BCUT2D eigenvalue weighted by Gasteiger charge is 2.36. The van der Waals surface area contributed by atoms with E-state index in [0.29, 0.717) is 11.1 Å².